The van der Waals surface area contributed by atoms with Gasteiger partial charge < -0.3 is 10.6 Å². The zero-order valence-corrected chi connectivity index (χ0v) is 11.1. The topological polar surface area (TPSA) is 29.3 Å². The molecule has 2 aliphatic rings. The number of rotatable bonds is 5. The highest BCUT2D eigenvalue weighted by molar-refractivity contribution is 4.97. The molecule has 2 heteroatoms. The number of piperidine rings is 1. The first-order valence-corrected chi connectivity index (χ1v) is 7.10. The van der Waals surface area contributed by atoms with Crippen molar-refractivity contribution in [3.8, 4) is 0 Å². The summed E-state index contributed by atoms with van der Waals surface area (Å²) in [7, 11) is 0. The second-order valence-corrected chi connectivity index (χ2v) is 6.19. The lowest BCUT2D eigenvalue weighted by Gasteiger charge is -2.42. The Morgan fingerprint density at radius 2 is 1.50 bits per heavy atom. The predicted octanol–water partition coefficient (Wildman–Crippen LogP) is 2.63. The molecule has 2 fully saturated rings. The van der Waals surface area contributed by atoms with Crippen molar-refractivity contribution >= 4 is 0 Å². The van der Waals surface area contributed by atoms with Gasteiger partial charge in [0, 0.05) is 6.54 Å². The summed E-state index contributed by atoms with van der Waals surface area (Å²) in [5.41, 5.74) is 7.05. The summed E-state index contributed by atoms with van der Waals surface area (Å²) in [6, 6.07) is 0. The van der Waals surface area contributed by atoms with Crippen molar-refractivity contribution < 1.29 is 0 Å². The van der Waals surface area contributed by atoms with E-state index >= 15 is 0 Å². The van der Waals surface area contributed by atoms with E-state index in [1.54, 1.807) is 0 Å². The van der Waals surface area contributed by atoms with Gasteiger partial charge >= 0.3 is 0 Å². The predicted molar refractivity (Wildman–Crippen MR) is 69.4 cm³/mol. The summed E-state index contributed by atoms with van der Waals surface area (Å²) in [6.45, 7) is 9.51. The van der Waals surface area contributed by atoms with Gasteiger partial charge in [-0.25, -0.2) is 0 Å². The minimum absolute atomic E-state index is 0.526. The summed E-state index contributed by atoms with van der Waals surface area (Å²) in [5.74, 6) is 0. The van der Waals surface area contributed by atoms with Gasteiger partial charge in [0.05, 0.1) is 0 Å². The molecule has 1 aliphatic heterocycles. The standard InChI is InChI=1S/C14H28N2/c1-3-13(4-2)7-9-16(10-8-13)12-14(11-15)5-6-14/h3-12,15H2,1-2H3. The smallest absolute Gasteiger partial charge is 0.00501 e. The van der Waals surface area contributed by atoms with Crippen LogP contribution >= 0.6 is 0 Å². The summed E-state index contributed by atoms with van der Waals surface area (Å²) in [4.78, 5) is 2.67. The molecule has 94 valence electrons. The largest absolute Gasteiger partial charge is 0.330 e. The molecule has 1 saturated carbocycles. The Hall–Kier alpha value is -0.0800. The molecule has 0 unspecified atom stereocenters. The third-order valence-electron chi connectivity index (χ3n) is 5.37. The highest BCUT2D eigenvalue weighted by atomic mass is 15.1. The molecule has 2 N–H and O–H groups in total. The van der Waals surface area contributed by atoms with Crippen LogP contribution in [0.1, 0.15) is 52.4 Å². The molecular weight excluding hydrogens is 196 g/mol. The van der Waals surface area contributed by atoms with Crippen molar-refractivity contribution in [1.82, 2.24) is 4.90 Å². The van der Waals surface area contributed by atoms with E-state index in [0.29, 0.717) is 10.8 Å². The van der Waals surface area contributed by atoms with Gasteiger partial charge in [-0.1, -0.05) is 26.7 Å². The highest BCUT2D eigenvalue weighted by Crippen LogP contribution is 2.46. The Morgan fingerprint density at radius 1 is 0.938 bits per heavy atom. The molecule has 16 heavy (non-hydrogen) atoms. The van der Waals surface area contributed by atoms with Crippen LogP contribution in [0.2, 0.25) is 0 Å². The van der Waals surface area contributed by atoms with Crippen LogP contribution in [0.4, 0.5) is 0 Å². The molecule has 0 bridgehead atoms. The molecule has 2 rings (SSSR count). The molecule has 0 aromatic rings. The van der Waals surface area contributed by atoms with E-state index in [1.807, 2.05) is 0 Å². The van der Waals surface area contributed by atoms with E-state index in [1.165, 1.54) is 58.2 Å². The van der Waals surface area contributed by atoms with E-state index in [0.717, 1.165) is 6.54 Å². The van der Waals surface area contributed by atoms with Gasteiger partial charge in [-0.3, -0.25) is 0 Å². The number of likely N-dealkylation sites (tertiary alicyclic amines) is 1. The molecule has 0 aromatic heterocycles. The lowest BCUT2D eigenvalue weighted by Crippen LogP contribution is -2.43. The van der Waals surface area contributed by atoms with Gasteiger partial charge in [-0.15, -0.1) is 0 Å². The van der Waals surface area contributed by atoms with Crippen molar-refractivity contribution in [2.75, 3.05) is 26.2 Å². The minimum atomic E-state index is 0.526. The van der Waals surface area contributed by atoms with E-state index < -0.39 is 0 Å². The SMILES string of the molecule is CCC1(CC)CCN(CC2(CN)CC2)CC1. The maximum atomic E-state index is 5.86. The summed E-state index contributed by atoms with van der Waals surface area (Å²) in [6.07, 6.45) is 8.26. The molecule has 0 atom stereocenters. The van der Waals surface area contributed by atoms with Crippen LogP contribution < -0.4 is 5.73 Å². The van der Waals surface area contributed by atoms with Crippen LogP contribution in [0.5, 0.6) is 0 Å². The summed E-state index contributed by atoms with van der Waals surface area (Å²) in [5, 5.41) is 0. The lowest BCUT2D eigenvalue weighted by atomic mass is 9.74. The van der Waals surface area contributed by atoms with E-state index in [2.05, 4.69) is 18.7 Å². The third kappa shape index (κ3) is 2.43. The van der Waals surface area contributed by atoms with Crippen molar-refractivity contribution in [3.05, 3.63) is 0 Å². The average Bonchev–Trinajstić information content (AvgIpc) is 3.11. The maximum absolute atomic E-state index is 5.86. The first kappa shape index (κ1) is 12.4. The monoisotopic (exact) mass is 224 g/mol. The van der Waals surface area contributed by atoms with Crippen LogP contribution in [-0.4, -0.2) is 31.1 Å². The second kappa shape index (κ2) is 4.66. The molecule has 1 aliphatic carbocycles. The van der Waals surface area contributed by atoms with Gasteiger partial charge in [-0.2, -0.15) is 0 Å². The van der Waals surface area contributed by atoms with Crippen LogP contribution in [0, 0.1) is 10.8 Å². The fraction of sp³-hybridized carbons (Fsp3) is 1.00. The Balaban J connectivity index is 1.81. The Bertz CT molecular complexity index is 219. The first-order valence-electron chi connectivity index (χ1n) is 7.10. The minimum Gasteiger partial charge on any atom is -0.330 e. The zero-order valence-electron chi connectivity index (χ0n) is 11.1. The normalized spacial score (nSPS) is 27.9. The van der Waals surface area contributed by atoms with Crippen LogP contribution in [0.15, 0.2) is 0 Å². The fourth-order valence-corrected chi connectivity index (χ4v) is 3.22. The number of hydrogen-bond donors (Lipinski definition) is 1. The zero-order chi connectivity index (χ0) is 11.6. The maximum Gasteiger partial charge on any atom is 0.00501 e. The van der Waals surface area contributed by atoms with Crippen molar-refractivity contribution in [2.24, 2.45) is 16.6 Å². The quantitative estimate of drug-likeness (QED) is 0.778. The summed E-state index contributed by atoms with van der Waals surface area (Å²) >= 11 is 0. The van der Waals surface area contributed by atoms with Crippen molar-refractivity contribution in [3.63, 3.8) is 0 Å². The van der Waals surface area contributed by atoms with E-state index in [9.17, 15) is 0 Å². The summed E-state index contributed by atoms with van der Waals surface area (Å²) < 4.78 is 0. The lowest BCUT2D eigenvalue weighted by molar-refractivity contribution is 0.0819. The average molecular weight is 224 g/mol. The first-order chi connectivity index (χ1) is 7.67. The molecule has 1 saturated heterocycles. The second-order valence-electron chi connectivity index (χ2n) is 6.19. The van der Waals surface area contributed by atoms with Crippen molar-refractivity contribution in [1.29, 1.82) is 0 Å². The van der Waals surface area contributed by atoms with E-state index in [4.69, 9.17) is 5.73 Å². The van der Waals surface area contributed by atoms with Crippen LogP contribution in [-0.2, 0) is 0 Å². The molecular formula is C14H28N2. The fourth-order valence-electron chi connectivity index (χ4n) is 3.22. The molecule has 2 nitrogen and oxygen atoms in total. The molecule has 1 heterocycles. The van der Waals surface area contributed by atoms with Gasteiger partial charge in [0.2, 0.25) is 0 Å². The van der Waals surface area contributed by atoms with Gasteiger partial charge in [-0.05, 0) is 56.1 Å². The molecule has 0 radical (unpaired) electrons. The Labute approximate surface area is 101 Å². The molecule has 0 amide bonds. The number of nitrogens with two attached hydrogens (primary N) is 1. The Kier molecular flexibility index (Phi) is 3.60. The van der Waals surface area contributed by atoms with Crippen LogP contribution in [0.25, 0.3) is 0 Å². The third-order valence-corrected chi connectivity index (χ3v) is 5.37. The highest BCUT2D eigenvalue weighted by Gasteiger charge is 2.43. The number of nitrogens with zero attached hydrogens (tertiary/aromatic N) is 1. The van der Waals surface area contributed by atoms with Gasteiger partial charge in [0.25, 0.3) is 0 Å². The molecule has 0 spiro atoms. The van der Waals surface area contributed by atoms with Gasteiger partial charge in [0.15, 0.2) is 0 Å². The van der Waals surface area contributed by atoms with Crippen LogP contribution in [0.3, 0.4) is 0 Å². The Morgan fingerprint density at radius 3 is 1.88 bits per heavy atom. The molecule has 0 aromatic carbocycles. The van der Waals surface area contributed by atoms with E-state index in [-0.39, 0.29) is 0 Å². The van der Waals surface area contributed by atoms with Crippen molar-refractivity contribution in [2.45, 2.75) is 52.4 Å². The number of hydrogen-bond acceptors (Lipinski definition) is 2. The van der Waals surface area contributed by atoms with Gasteiger partial charge in [0.1, 0.15) is 0 Å².